The molecule has 0 aliphatic rings. The number of fused-ring (bicyclic) bond motifs is 1. The van der Waals surface area contributed by atoms with E-state index < -0.39 is 11.1 Å². The van der Waals surface area contributed by atoms with Crippen LogP contribution in [0.5, 0.6) is 0 Å². The average Bonchev–Trinajstić information content (AvgIpc) is 2.54. The van der Waals surface area contributed by atoms with Gasteiger partial charge >= 0.3 is 5.97 Å². The molecule has 0 saturated carbocycles. The van der Waals surface area contributed by atoms with Crippen molar-refractivity contribution in [2.24, 2.45) is 11.8 Å². The number of para-hydroxylation sites is 1. The second-order valence-electron chi connectivity index (χ2n) is 6.05. The first-order valence-electron chi connectivity index (χ1n) is 7.45. The van der Waals surface area contributed by atoms with Crippen molar-refractivity contribution in [3.05, 3.63) is 36.4 Å². The lowest BCUT2D eigenvalue weighted by atomic mass is 9.85. The minimum atomic E-state index is -1.28. The van der Waals surface area contributed by atoms with Crippen molar-refractivity contribution in [2.75, 3.05) is 5.75 Å². The van der Waals surface area contributed by atoms with Gasteiger partial charge in [0.2, 0.25) is 0 Å². The van der Waals surface area contributed by atoms with Gasteiger partial charge in [0.05, 0.1) is 10.5 Å². The average molecular weight is 349 g/mol. The highest BCUT2D eigenvalue weighted by atomic mass is 32.2. The fourth-order valence-corrected chi connectivity index (χ4v) is 4.69. The summed E-state index contributed by atoms with van der Waals surface area (Å²) < 4.78 is 11.5. The van der Waals surface area contributed by atoms with E-state index in [0.29, 0.717) is 5.75 Å². The van der Waals surface area contributed by atoms with Gasteiger partial charge in [0.1, 0.15) is 5.16 Å². The Balaban J connectivity index is 2.20. The van der Waals surface area contributed by atoms with E-state index in [1.165, 1.54) is 11.8 Å². The number of pyridine rings is 1. The predicted octanol–water partition coefficient (Wildman–Crippen LogP) is 4.73. The molecule has 1 N–H and O–H groups in total. The Hall–Kier alpha value is -1.45. The van der Waals surface area contributed by atoms with Gasteiger partial charge in [0.15, 0.2) is 8.46 Å². The van der Waals surface area contributed by atoms with Gasteiger partial charge in [-0.05, 0) is 30.9 Å². The van der Waals surface area contributed by atoms with Crippen LogP contribution >= 0.6 is 20.2 Å². The molecular weight excluding hydrogens is 329 g/mol. The Kier molecular flexibility index (Phi) is 5.77. The molecule has 0 amide bonds. The summed E-state index contributed by atoms with van der Waals surface area (Å²) in [5.41, 5.74) is 0.918. The first kappa shape index (κ1) is 17.9. The molecule has 0 fully saturated rings. The van der Waals surface area contributed by atoms with E-state index in [9.17, 15) is 14.5 Å². The Labute approximate surface area is 141 Å². The molecule has 2 rings (SSSR count). The summed E-state index contributed by atoms with van der Waals surface area (Å²) in [6, 6.07) is 11.8. The molecule has 0 spiro atoms. The van der Waals surface area contributed by atoms with Gasteiger partial charge in [0.25, 0.3) is 0 Å². The second-order valence-corrected chi connectivity index (χ2v) is 8.20. The number of benzene rings is 1. The minimum Gasteiger partial charge on any atom is -0.480 e. The lowest BCUT2D eigenvalue weighted by molar-refractivity contribution is -0.141. The molecule has 23 heavy (non-hydrogen) atoms. The zero-order valence-electron chi connectivity index (χ0n) is 13.4. The standard InChI is InChI=1S/C17H20NO3PS/c1-11(2)13(17(3,22-21)16(19)20)10-23-15-9-8-12-6-4-5-7-14(12)18-15/h4-9,11,13H,10H2,1-3H3,(H,19,20). The van der Waals surface area contributed by atoms with Crippen molar-refractivity contribution in [2.45, 2.75) is 31.0 Å². The molecule has 2 aromatic rings. The van der Waals surface area contributed by atoms with Crippen molar-refractivity contribution in [3.8, 4) is 0 Å². The number of hydrogen-bond donors (Lipinski definition) is 1. The van der Waals surface area contributed by atoms with Crippen LogP contribution in [0.1, 0.15) is 20.8 Å². The lowest BCUT2D eigenvalue weighted by Gasteiger charge is -2.30. The number of rotatable bonds is 7. The van der Waals surface area contributed by atoms with E-state index in [1.54, 1.807) is 6.92 Å². The zero-order valence-corrected chi connectivity index (χ0v) is 15.1. The van der Waals surface area contributed by atoms with Crippen LogP contribution in [0.25, 0.3) is 10.9 Å². The third-order valence-corrected chi connectivity index (χ3v) is 6.08. The summed E-state index contributed by atoms with van der Waals surface area (Å²) >= 11 is 1.51. The van der Waals surface area contributed by atoms with E-state index in [2.05, 4.69) is 4.98 Å². The fraction of sp³-hybridized carbons (Fsp3) is 0.412. The number of aliphatic carboxylic acids is 1. The highest BCUT2D eigenvalue weighted by molar-refractivity contribution is 7.99. The Morgan fingerprint density at radius 3 is 2.61 bits per heavy atom. The third-order valence-electron chi connectivity index (χ3n) is 4.13. The highest BCUT2D eigenvalue weighted by Gasteiger charge is 2.44. The number of carboxylic acid groups (broad SMARTS) is 1. The fourth-order valence-electron chi connectivity index (χ4n) is 2.57. The summed E-state index contributed by atoms with van der Waals surface area (Å²) in [6.45, 7) is 5.47. The quantitative estimate of drug-likeness (QED) is 0.578. The summed E-state index contributed by atoms with van der Waals surface area (Å²) in [4.78, 5) is 16.1. The van der Waals surface area contributed by atoms with Crippen LogP contribution in [0.4, 0.5) is 0 Å². The van der Waals surface area contributed by atoms with Crippen molar-refractivity contribution in [3.63, 3.8) is 0 Å². The molecule has 0 radical (unpaired) electrons. The van der Waals surface area contributed by atoms with Crippen LogP contribution in [0.2, 0.25) is 0 Å². The molecule has 2 atom stereocenters. The van der Waals surface area contributed by atoms with Crippen LogP contribution in [0.3, 0.4) is 0 Å². The van der Waals surface area contributed by atoms with Crippen LogP contribution in [-0.4, -0.2) is 27.0 Å². The lowest BCUT2D eigenvalue weighted by Crippen LogP contribution is -2.41. The smallest absolute Gasteiger partial charge is 0.321 e. The van der Waals surface area contributed by atoms with Gasteiger partial charge < -0.3 is 5.11 Å². The van der Waals surface area contributed by atoms with E-state index in [-0.39, 0.29) is 20.3 Å². The minimum absolute atomic E-state index is 0.102. The number of hydrogen-bond acceptors (Lipinski definition) is 4. The number of thioether (sulfide) groups is 1. The molecule has 0 aliphatic heterocycles. The van der Waals surface area contributed by atoms with Crippen LogP contribution < -0.4 is 0 Å². The molecule has 6 heteroatoms. The summed E-state index contributed by atoms with van der Waals surface area (Å²) in [7, 11) is -0.352. The predicted molar refractivity (Wildman–Crippen MR) is 94.4 cm³/mol. The van der Waals surface area contributed by atoms with Gasteiger partial charge in [-0.2, -0.15) is 0 Å². The SMILES string of the molecule is CC(C)C(CSc1ccc2ccccc2n1)C(C)(P=O)C(=O)O. The summed E-state index contributed by atoms with van der Waals surface area (Å²) in [5, 5.41) is 10.1. The molecule has 122 valence electrons. The van der Waals surface area contributed by atoms with Gasteiger partial charge in [0, 0.05) is 11.1 Å². The highest BCUT2D eigenvalue weighted by Crippen LogP contribution is 2.39. The number of aromatic nitrogens is 1. The number of carboxylic acids is 1. The van der Waals surface area contributed by atoms with Crippen LogP contribution in [0.15, 0.2) is 41.4 Å². The Morgan fingerprint density at radius 2 is 2.00 bits per heavy atom. The largest absolute Gasteiger partial charge is 0.480 e. The topological polar surface area (TPSA) is 67.3 Å². The molecule has 1 heterocycles. The van der Waals surface area contributed by atoms with Gasteiger partial charge in [-0.15, -0.1) is 11.8 Å². The maximum atomic E-state index is 11.6. The van der Waals surface area contributed by atoms with Crippen molar-refractivity contribution >= 4 is 37.1 Å². The van der Waals surface area contributed by atoms with Crippen molar-refractivity contribution < 1.29 is 14.5 Å². The van der Waals surface area contributed by atoms with Crippen molar-refractivity contribution in [1.82, 2.24) is 4.98 Å². The first-order valence-corrected chi connectivity index (χ1v) is 9.24. The van der Waals surface area contributed by atoms with Crippen LogP contribution in [0, 0.1) is 11.8 Å². The maximum Gasteiger partial charge on any atom is 0.321 e. The number of nitrogens with zero attached hydrogens (tertiary/aromatic N) is 1. The molecule has 1 aromatic heterocycles. The Bertz CT molecular complexity index is 722. The monoisotopic (exact) mass is 349 g/mol. The van der Waals surface area contributed by atoms with E-state index in [4.69, 9.17) is 0 Å². The molecule has 2 unspecified atom stereocenters. The third kappa shape index (κ3) is 3.91. The van der Waals surface area contributed by atoms with E-state index in [0.717, 1.165) is 15.9 Å². The van der Waals surface area contributed by atoms with E-state index in [1.807, 2.05) is 50.2 Å². The Morgan fingerprint density at radius 1 is 1.30 bits per heavy atom. The maximum absolute atomic E-state index is 11.6. The molecule has 0 aliphatic carbocycles. The first-order chi connectivity index (χ1) is 10.9. The summed E-state index contributed by atoms with van der Waals surface area (Å²) in [6.07, 6.45) is 0. The van der Waals surface area contributed by atoms with Gasteiger partial charge in [-0.1, -0.05) is 38.1 Å². The molecular formula is C17H20NO3PS. The molecule has 1 aromatic carbocycles. The molecule has 0 bridgehead atoms. The van der Waals surface area contributed by atoms with Gasteiger partial charge in [-0.3, -0.25) is 9.36 Å². The number of carbonyl (C=O) groups is 1. The molecule has 4 nitrogen and oxygen atoms in total. The second kappa shape index (κ2) is 7.41. The van der Waals surface area contributed by atoms with Gasteiger partial charge in [-0.25, -0.2) is 4.98 Å². The summed E-state index contributed by atoms with van der Waals surface area (Å²) in [5.74, 6) is -0.594. The van der Waals surface area contributed by atoms with E-state index >= 15 is 0 Å². The zero-order chi connectivity index (χ0) is 17.0. The molecule has 0 saturated heterocycles. The van der Waals surface area contributed by atoms with Crippen LogP contribution in [-0.2, 0) is 9.36 Å². The van der Waals surface area contributed by atoms with Crippen molar-refractivity contribution in [1.29, 1.82) is 0 Å². The normalized spacial score (nSPS) is 15.7.